The largest absolute Gasteiger partial charge is 0.506 e. The van der Waals surface area contributed by atoms with Gasteiger partial charge in [-0.15, -0.1) is 0 Å². The molecule has 1 aliphatic carbocycles. The fourth-order valence-corrected chi connectivity index (χ4v) is 4.28. The highest BCUT2D eigenvalue weighted by Gasteiger charge is 2.33. The van der Waals surface area contributed by atoms with Crippen molar-refractivity contribution in [1.29, 1.82) is 0 Å². The highest BCUT2D eigenvalue weighted by atomic mass is 16.5. The van der Waals surface area contributed by atoms with Gasteiger partial charge < -0.3 is 9.84 Å². The molecule has 4 heteroatoms. The summed E-state index contributed by atoms with van der Waals surface area (Å²) in [5.74, 6) is 2.65. The maximum absolute atomic E-state index is 13.0. The highest BCUT2D eigenvalue weighted by molar-refractivity contribution is 6.23. The first kappa shape index (κ1) is 22.4. The van der Waals surface area contributed by atoms with E-state index in [1.807, 2.05) is 99.7 Å². The zero-order valence-corrected chi connectivity index (χ0v) is 19.8. The average Bonchev–Trinajstić information content (AvgIpc) is 2.86. The fraction of sp³-hybridized carbons (Fsp3) is 0.0968. The van der Waals surface area contributed by atoms with Crippen molar-refractivity contribution in [2.45, 2.75) is 20.8 Å². The Balaban J connectivity index is 1.58. The van der Waals surface area contributed by atoms with Crippen LogP contribution in [0.4, 0.5) is 0 Å². The van der Waals surface area contributed by atoms with Gasteiger partial charge in [0.1, 0.15) is 17.3 Å². The summed E-state index contributed by atoms with van der Waals surface area (Å²) in [6, 6.07) is 21.6. The first-order valence-electron chi connectivity index (χ1n) is 11.4. The number of aliphatic hydroxyl groups is 1. The van der Waals surface area contributed by atoms with Crippen LogP contribution in [-0.2, 0) is 9.53 Å². The number of rotatable bonds is 4. The molecule has 2 aliphatic rings. The van der Waals surface area contributed by atoms with Crippen molar-refractivity contribution in [3.05, 3.63) is 130 Å². The molecule has 172 valence electrons. The van der Waals surface area contributed by atoms with Crippen LogP contribution in [0.1, 0.15) is 25.0 Å². The zero-order valence-electron chi connectivity index (χ0n) is 19.8. The molecule has 0 atom stereocenters. The van der Waals surface area contributed by atoms with E-state index in [-0.39, 0.29) is 17.1 Å². The van der Waals surface area contributed by atoms with Crippen molar-refractivity contribution in [3.8, 4) is 22.6 Å². The molecular weight excluding hydrogens is 436 g/mol. The van der Waals surface area contributed by atoms with Gasteiger partial charge in [-0.1, -0.05) is 36.4 Å². The molecule has 35 heavy (non-hydrogen) atoms. The predicted molar refractivity (Wildman–Crippen MR) is 138 cm³/mol. The first-order chi connectivity index (χ1) is 16.9. The Kier molecular flexibility index (Phi) is 5.79. The van der Waals surface area contributed by atoms with E-state index < -0.39 is 0 Å². The lowest BCUT2D eigenvalue weighted by Crippen LogP contribution is -2.21. The van der Waals surface area contributed by atoms with Crippen molar-refractivity contribution in [3.63, 3.8) is 0 Å². The van der Waals surface area contributed by atoms with E-state index in [1.165, 1.54) is 0 Å². The van der Waals surface area contributed by atoms with Gasteiger partial charge in [-0.2, -0.15) is 0 Å². The summed E-state index contributed by atoms with van der Waals surface area (Å²) < 4.78 is 11.8. The van der Waals surface area contributed by atoms with Gasteiger partial charge in [0.25, 0.3) is 0 Å². The van der Waals surface area contributed by atoms with Crippen LogP contribution in [-0.4, -0.2) is 10.9 Å². The lowest BCUT2D eigenvalue weighted by Gasteiger charge is -2.20. The summed E-state index contributed by atoms with van der Waals surface area (Å²) in [5, 5.41) is 10.7. The molecule has 1 N–H and O–H groups in total. The molecule has 0 saturated carbocycles. The lowest BCUT2D eigenvalue weighted by molar-refractivity contribution is -0.113. The van der Waals surface area contributed by atoms with Crippen LogP contribution in [0.5, 0.6) is 0 Å². The summed E-state index contributed by atoms with van der Waals surface area (Å²) >= 11 is 0. The maximum atomic E-state index is 13.0. The first-order valence-corrected chi connectivity index (χ1v) is 11.4. The Hall–Kier alpha value is -4.44. The number of aliphatic hydroxyl groups excluding tert-OH is 1. The van der Waals surface area contributed by atoms with Crippen LogP contribution in [0.3, 0.4) is 0 Å². The van der Waals surface area contributed by atoms with Gasteiger partial charge >= 0.3 is 11.5 Å². The summed E-state index contributed by atoms with van der Waals surface area (Å²) in [6.45, 7) is 5.73. The van der Waals surface area contributed by atoms with Gasteiger partial charge in [0.2, 0.25) is 5.78 Å². The van der Waals surface area contributed by atoms with Crippen LogP contribution in [0.2, 0.25) is 0 Å². The van der Waals surface area contributed by atoms with E-state index in [2.05, 4.69) is 0 Å². The number of carbonyl (C=O) groups excluding carboxylic acids is 1. The van der Waals surface area contributed by atoms with Crippen molar-refractivity contribution in [2.75, 3.05) is 0 Å². The van der Waals surface area contributed by atoms with Gasteiger partial charge in [0.05, 0.1) is 34.4 Å². The van der Waals surface area contributed by atoms with E-state index >= 15 is 0 Å². The Labute approximate surface area is 204 Å². The van der Waals surface area contributed by atoms with E-state index in [9.17, 15) is 9.90 Å². The van der Waals surface area contributed by atoms with E-state index in [0.29, 0.717) is 17.1 Å². The van der Waals surface area contributed by atoms with Crippen molar-refractivity contribution in [2.24, 2.45) is 0 Å². The predicted octanol–water partition coefficient (Wildman–Crippen LogP) is 7.75. The summed E-state index contributed by atoms with van der Waals surface area (Å²) in [6.07, 6.45) is 7.08. The normalized spacial score (nSPS) is 16.5. The third kappa shape index (κ3) is 4.51. The second kappa shape index (κ2) is 9.07. The smallest absolute Gasteiger partial charge is 0.361 e. The highest BCUT2D eigenvalue weighted by Crippen LogP contribution is 2.35. The number of aryl methyl sites for hydroxylation is 1. The molecular formula is C31H25O4+. The summed E-state index contributed by atoms with van der Waals surface area (Å²) in [4.78, 5) is 13.0. The minimum absolute atomic E-state index is 0.00871. The molecule has 1 aliphatic heterocycles. The molecule has 3 aromatic rings. The van der Waals surface area contributed by atoms with Crippen LogP contribution >= 0.6 is 0 Å². The minimum atomic E-state index is -0.196. The van der Waals surface area contributed by atoms with E-state index in [4.69, 9.17) is 9.15 Å². The zero-order chi connectivity index (χ0) is 24.5. The number of allylic oxidation sites excluding steroid dienone is 8. The van der Waals surface area contributed by atoms with Crippen LogP contribution < -0.4 is 0 Å². The number of carbonyl (C=O) groups is 1. The SMILES string of the molecule is CC1=CC(=CC2=C(O)C(=Cc3cc(-c4ccccc4)[o+]c(-c4ccccc4C)c3)C2=O)C=C(C)O1. The van der Waals surface area contributed by atoms with Gasteiger partial charge in [-0.3, -0.25) is 4.79 Å². The fourth-order valence-electron chi connectivity index (χ4n) is 4.28. The van der Waals surface area contributed by atoms with Crippen molar-refractivity contribution in [1.82, 2.24) is 0 Å². The molecule has 0 radical (unpaired) electrons. The molecule has 2 heterocycles. The monoisotopic (exact) mass is 461 g/mol. The Morgan fingerprint density at radius 1 is 0.829 bits per heavy atom. The average molecular weight is 462 g/mol. The third-order valence-corrected chi connectivity index (χ3v) is 5.97. The Morgan fingerprint density at radius 3 is 2.17 bits per heavy atom. The minimum Gasteiger partial charge on any atom is -0.506 e. The molecule has 0 bridgehead atoms. The second-order valence-corrected chi connectivity index (χ2v) is 8.71. The lowest BCUT2D eigenvalue weighted by atomic mass is 9.85. The third-order valence-electron chi connectivity index (χ3n) is 5.97. The van der Waals surface area contributed by atoms with Crippen LogP contribution in [0.25, 0.3) is 28.7 Å². The molecule has 0 spiro atoms. The van der Waals surface area contributed by atoms with Gasteiger partial charge in [0.15, 0.2) is 0 Å². The second-order valence-electron chi connectivity index (χ2n) is 8.71. The standard InChI is InChI=1S/C31H24O4/c1-19-9-7-8-12-25(19)29-18-23(17-28(35-29)24-10-5-4-6-11-24)16-27-30(32)26(31(27)33)15-22-13-20(2)34-21(3)14-22/h4-18H,1-3H3/p+1. The molecule has 0 saturated heterocycles. The van der Waals surface area contributed by atoms with Gasteiger partial charge in [0, 0.05) is 0 Å². The number of hydrogen-bond acceptors (Lipinski definition) is 3. The van der Waals surface area contributed by atoms with Crippen LogP contribution in [0, 0.1) is 6.92 Å². The molecule has 5 rings (SSSR count). The van der Waals surface area contributed by atoms with Crippen molar-refractivity contribution < 1.29 is 19.1 Å². The molecule has 4 nitrogen and oxygen atoms in total. The van der Waals surface area contributed by atoms with E-state index in [0.717, 1.165) is 39.3 Å². The van der Waals surface area contributed by atoms with Crippen LogP contribution in [0.15, 0.2) is 123 Å². The topological polar surface area (TPSA) is 57.8 Å². The molecule has 1 aromatic heterocycles. The molecule has 0 fully saturated rings. The number of hydrogen-bond donors (Lipinski definition) is 1. The van der Waals surface area contributed by atoms with Crippen molar-refractivity contribution >= 4 is 11.9 Å². The number of benzene rings is 2. The number of ketones is 1. The molecule has 0 amide bonds. The number of ether oxygens (including phenoxy) is 1. The Morgan fingerprint density at radius 2 is 1.49 bits per heavy atom. The molecule has 0 unspecified atom stereocenters. The Bertz CT molecular complexity index is 1480. The summed E-state index contributed by atoms with van der Waals surface area (Å²) in [7, 11) is 0. The van der Waals surface area contributed by atoms with Gasteiger partial charge in [-0.05, 0) is 80.0 Å². The van der Waals surface area contributed by atoms with Gasteiger partial charge in [-0.25, -0.2) is 4.42 Å². The quantitative estimate of drug-likeness (QED) is 0.319. The summed E-state index contributed by atoms with van der Waals surface area (Å²) in [5.41, 5.74) is 5.14. The number of Topliss-reactive ketones (excluding diaryl/α,β-unsaturated/α-hetero) is 1. The maximum Gasteiger partial charge on any atom is 0.361 e. The molecule has 2 aromatic carbocycles. The van der Waals surface area contributed by atoms with E-state index in [1.54, 1.807) is 12.2 Å².